The summed E-state index contributed by atoms with van der Waals surface area (Å²) >= 11 is 1.36. The Kier molecular flexibility index (Phi) is 2.52. The van der Waals surface area contributed by atoms with Crippen LogP contribution in [0.4, 0.5) is 0 Å². The van der Waals surface area contributed by atoms with Crippen LogP contribution in [0.2, 0.25) is 0 Å². The van der Waals surface area contributed by atoms with Crippen molar-refractivity contribution in [3.8, 4) is 0 Å². The normalized spacial score (nSPS) is 14.9. The summed E-state index contributed by atoms with van der Waals surface area (Å²) in [6.07, 6.45) is 1.92. The van der Waals surface area contributed by atoms with Crippen molar-refractivity contribution in [2.24, 2.45) is 0 Å². The molecule has 1 aromatic rings. The van der Waals surface area contributed by atoms with E-state index >= 15 is 0 Å². The zero-order valence-electron chi connectivity index (χ0n) is 8.57. The van der Waals surface area contributed by atoms with Crippen LogP contribution >= 0.6 is 12.0 Å². The van der Waals surface area contributed by atoms with Crippen molar-refractivity contribution in [3.63, 3.8) is 0 Å². The number of rotatable bonds is 3. The predicted octanol–water partition coefficient (Wildman–Crippen LogP) is 3.21. The van der Waals surface area contributed by atoms with E-state index in [9.17, 15) is 0 Å². The largest absolute Gasteiger partial charge is 0.209 e. The van der Waals surface area contributed by atoms with Crippen molar-refractivity contribution >= 4 is 17.7 Å². The Morgan fingerprint density at radius 3 is 2.36 bits per heavy atom. The van der Waals surface area contributed by atoms with Crippen molar-refractivity contribution in [1.29, 1.82) is 0 Å². The van der Waals surface area contributed by atoms with Crippen molar-refractivity contribution in [2.75, 3.05) is 6.26 Å². The van der Waals surface area contributed by atoms with Gasteiger partial charge in [0.05, 0.1) is 11.4 Å². The summed E-state index contributed by atoms with van der Waals surface area (Å²) < 4.78 is 5.34. The molecule has 0 aliphatic carbocycles. The van der Waals surface area contributed by atoms with Gasteiger partial charge in [-0.2, -0.15) is 4.28 Å². The molecule has 0 spiro atoms. The molecule has 74 valence electrons. The molecule has 0 amide bonds. The minimum absolute atomic E-state index is 1.19. The summed E-state index contributed by atoms with van der Waals surface area (Å²) in [7, 11) is 0. The van der Waals surface area contributed by atoms with Gasteiger partial charge in [-0.15, -0.1) is 0 Å². The average molecular weight is 207 g/mol. The van der Waals surface area contributed by atoms with Crippen LogP contribution in [0.5, 0.6) is 0 Å². The summed E-state index contributed by atoms with van der Waals surface area (Å²) in [6.45, 7) is 4.15. The lowest BCUT2D eigenvalue weighted by molar-refractivity contribution is 0.125. The van der Waals surface area contributed by atoms with E-state index in [1.54, 1.807) is 0 Å². The van der Waals surface area contributed by atoms with E-state index in [1.807, 2.05) is 11.3 Å². The van der Waals surface area contributed by atoms with Crippen LogP contribution < -0.4 is 0 Å². The molecule has 0 saturated heterocycles. The molecule has 0 unspecified atom stereocenters. The number of hydroxylamine groups is 2. The molecule has 0 fully saturated rings. The second-order valence-electron chi connectivity index (χ2n) is 3.34. The third-order valence-electron chi connectivity index (χ3n) is 2.27. The van der Waals surface area contributed by atoms with Gasteiger partial charge in [-0.25, -0.2) is 5.06 Å². The Bertz CT molecular complexity index is 369. The van der Waals surface area contributed by atoms with E-state index in [-0.39, 0.29) is 0 Å². The number of hydrogen-bond acceptors (Lipinski definition) is 3. The Morgan fingerprint density at radius 1 is 1.14 bits per heavy atom. The molecular weight excluding hydrogens is 194 g/mol. The van der Waals surface area contributed by atoms with Crippen LogP contribution in [0.15, 0.2) is 30.0 Å². The maximum Gasteiger partial charge on any atom is 0.0994 e. The predicted molar refractivity (Wildman–Crippen MR) is 60.2 cm³/mol. The van der Waals surface area contributed by atoms with Crippen LogP contribution in [0.1, 0.15) is 18.1 Å². The highest BCUT2D eigenvalue weighted by Gasteiger charge is 2.32. The quantitative estimate of drug-likeness (QED) is 0.706. The standard InChI is InChI=1S/C11H13NOS/c1-8-4-6-10(7-5-8)11-9(2)12(11)13-14-3/h4-7H,1-3H3. The molecule has 0 bridgehead atoms. The summed E-state index contributed by atoms with van der Waals surface area (Å²) in [5, 5.41) is 1.86. The van der Waals surface area contributed by atoms with Gasteiger partial charge in [-0.3, -0.25) is 0 Å². The van der Waals surface area contributed by atoms with Crippen LogP contribution in [-0.2, 0) is 4.28 Å². The minimum atomic E-state index is 1.19. The number of benzene rings is 1. The van der Waals surface area contributed by atoms with Gasteiger partial charge in [0.15, 0.2) is 0 Å². The summed E-state index contributed by atoms with van der Waals surface area (Å²) in [6, 6.07) is 8.48. The van der Waals surface area contributed by atoms with E-state index in [2.05, 4.69) is 38.1 Å². The maximum absolute atomic E-state index is 5.34. The zero-order chi connectivity index (χ0) is 10.1. The van der Waals surface area contributed by atoms with E-state index in [0.717, 1.165) is 0 Å². The van der Waals surface area contributed by atoms with E-state index in [1.165, 1.54) is 34.6 Å². The first-order chi connectivity index (χ1) is 6.74. The molecule has 0 saturated carbocycles. The minimum Gasteiger partial charge on any atom is -0.209 e. The maximum atomic E-state index is 5.34. The highest BCUT2D eigenvalue weighted by molar-refractivity contribution is 7.93. The molecule has 0 atom stereocenters. The Labute approximate surface area is 88.7 Å². The first kappa shape index (κ1) is 9.62. The average Bonchev–Trinajstić information content (AvgIpc) is 2.79. The molecule has 1 aliphatic rings. The summed E-state index contributed by atoms with van der Waals surface area (Å²) in [5.74, 6) is 0. The zero-order valence-corrected chi connectivity index (χ0v) is 9.39. The van der Waals surface area contributed by atoms with E-state index in [4.69, 9.17) is 4.28 Å². The topological polar surface area (TPSA) is 12.2 Å². The number of hydrogen-bond donors (Lipinski definition) is 0. The van der Waals surface area contributed by atoms with Crippen LogP contribution in [0.25, 0.3) is 5.70 Å². The van der Waals surface area contributed by atoms with E-state index in [0.29, 0.717) is 0 Å². The SMILES string of the molecule is CSON1C(C)=C1c1ccc(C)cc1. The molecule has 1 aromatic carbocycles. The highest BCUT2D eigenvalue weighted by atomic mass is 32.2. The monoisotopic (exact) mass is 207 g/mol. The molecule has 1 heterocycles. The fourth-order valence-electron chi connectivity index (χ4n) is 1.43. The van der Waals surface area contributed by atoms with Gasteiger partial charge in [0.25, 0.3) is 0 Å². The third-order valence-corrected chi connectivity index (χ3v) is 2.57. The lowest BCUT2D eigenvalue weighted by Gasteiger charge is -2.03. The van der Waals surface area contributed by atoms with Crippen LogP contribution in [0.3, 0.4) is 0 Å². The van der Waals surface area contributed by atoms with Crippen LogP contribution in [-0.4, -0.2) is 11.3 Å². The van der Waals surface area contributed by atoms with Crippen molar-refractivity contribution < 1.29 is 4.28 Å². The number of nitrogens with zero attached hydrogens (tertiary/aromatic N) is 1. The smallest absolute Gasteiger partial charge is 0.0994 e. The highest BCUT2D eigenvalue weighted by Crippen LogP contribution is 2.41. The molecule has 1 aliphatic heterocycles. The van der Waals surface area contributed by atoms with E-state index < -0.39 is 0 Å². The third kappa shape index (κ3) is 1.65. The molecule has 2 nitrogen and oxygen atoms in total. The Balaban J connectivity index is 2.14. The lowest BCUT2D eigenvalue weighted by Crippen LogP contribution is -1.95. The second-order valence-corrected chi connectivity index (χ2v) is 3.82. The molecule has 0 N–H and O–H groups in total. The fraction of sp³-hybridized carbons (Fsp3) is 0.273. The van der Waals surface area contributed by atoms with Gasteiger partial charge in [0.1, 0.15) is 0 Å². The second kappa shape index (κ2) is 3.67. The Hall–Kier alpha value is -0.930. The molecule has 3 heteroatoms. The Morgan fingerprint density at radius 2 is 1.79 bits per heavy atom. The summed E-state index contributed by atoms with van der Waals surface area (Å²) in [4.78, 5) is 0. The van der Waals surface area contributed by atoms with Crippen molar-refractivity contribution in [1.82, 2.24) is 5.06 Å². The molecule has 14 heavy (non-hydrogen) atoms. The fourth-order valence-corrected chi connectivity index (χ4v) is 1.77. The number of allylic oxidation sites excluding steroid dienone is 1. The van der Waals surface area contributed by atoms with Gasteiger partial charge in [-0.05, 0) is 13.8 Å². The molecular formula is C11H13NOS. The van der Waals surface area contributed by atoms with Gasteiger partial charge >= 0.3 is 0 Å². The lowest BCUT2D eigenvalue weighted by atomic mass is 10.1. The number of aryl methyl sites for hydroxylation is 1. The van der Waals surface area contributed by atoms with Gasteiger partial charge < -0.3 is 0 Å². The molecule has 0 radical (unpaired) electrons. The van der Waals surface area contributed by atoms with Gasteiger partial charge in [0.2, 0.25) is 0 Å². The van der Waals surface area contributed by atoms with Crippen molar-refractivity contribution in [3.05, 3.63) is 41.1 Å². The van der Waals surface area contributed by atoms with Gasteiger partial charge in [0, 0.05) is 23.9 Å². The first-order valence-electron chi connectivity index (χ1n) is 4.53. The molecule has 0 aromatic heterocycles. The molecule has 2 rings (SSSR count). The van der Waals surface area contributed by atoms with Crippen LogP contribution in [0, 0.1) is 6.92 Å². The summed E-state index contributed by atoms with van der Waals surface area (Å²) in [5.41, 5.74) is 4.90. The van der Waals surface area contributed by atoms with Gasteiger partial charge in [-0.1, -0.05) is 29.8 Å². The first-order valence-corrected chi connectivity index (χ1v) is 5.68. The van der Waals surface area contributed by atoms with Crippen molar-refractivity contribution in [2.45, 2.75) is 13.8 Å².